The summed E-state index contributed by atoms with van der Waals surface area (Å²) < 4.78 is 5.35. The van der Waals surface area contributed by atoms with E-state index < -0.39 is 0 Å². The summed E-state index contributed by atoms with van der Waals surface area (Å²) in [7, 11) is 3.48. The maximum Gasteiger partial charge on any atom is 0.191 e. The van der Waals surface area contributed by atoms with Crippen molar-refractivity contribution in [1.29, 1.82) is 0 Å². The van der Waals surface area contributed by atoms with Crippen LogP contribution in [-0.4, -0.2) is 51.2 Å². The second-order valence-corrected chi connectivity index (χ2v) is 4.69. The van der Waals surface area contributed by atoms with E-state index in [1.165, 1.54) is 0 Å². The van der Waals surface area contributed by atoms with Crippen LogP contribution in [0, 0.1) is 0 Å². The Balaban J connectivity index is 2.41. The molecule has 0 aliphatic rings. The third kappa shape index (κ3) is 6.04. The molecule has 0 aliphatic carbocycles. The van der Waals surface area contributed by atoms with Crippen LogP contribution in [0.25, 0.3) is 0 Å². The van der Waals surface area contributed by atoms with Gasteiger partial charge in [0.15, 0.2) is 5.96 Å². The lowest BCUT2D eigenvalue weighted by Gasteiger charge is -2.19. The Morgan fingerprint density at radius 2 is 1.90 bits per heavy atom. The van der Waals surface area contributed by atoms with Crippen molar-refractivity contribution in [1.82, 2.24) is 15.5 Å². The lowest BCUT2D eigenvalue weighted by molar-refractivity contribution is 0.308. The van der Waals surface area contributed by atoms with E-state index in [9.17, 15) is 0 Å². The Bertz CT molecular complexity index is 430. The van der Waals surface area contributed by atoms with Crippen molar-refractivity contribution < 1.29 is 4.74 Å². The summed E-state index contributed by atoms with van der Waals surface area (Å²) >= 11 is 0. The number of guanidine groups is 1. The van der Waals surface area contributed by atoms with Crippen molar-refractivity contribution >= 4 is 5.96 Å². The van der Waals surface area contributed by atoms with Gasteiger partial charge in [0, 0.05) is 32.2 Å². The number of para-hydroxylation sites is 1. The first kappa shape index (κ1) is 17.3. The summed E-state index contributed by atoms with van der Waals surface area (Å²) in [6.45, 7) is 9.10. The van der Waals surface area contributed by atoms with Gasteiger partial charge in [0.25, 0.3) is 0 Å². The number of ether oxygens (including phenoxy) is 1. The number of hydrogen-bond acceptors (Lipinski definition) is 3. The molecule has 0 atom stereocenters. The summed E-state index contributed by atoms with van der Waals surface area (Å²) in [5.41, 5.74) is 1.12. The monoisotopic (exact) mass is 292 g/mol. The molecule has 0 saturated carbocycles. The largest absolute Gasteiger partial charge is 0.496 e. The average Bonchev–Trinajstić information content (AvgIpc) is 2.54. The molecule has 0 amide bonds. The van der Waals surface area contributed by atoms with E-state index in [2.05, 4.69) is 40.4 Å². The molecule has 0 aromatic heterocycles. The molecule has 0 unspecified atom stereocenters. The maximum atomic E-state index is 5.35. The molecule has 118 valence electrons. The molecule has 21 heavy (non-hydrogen) atoms. The standard InChI is InChI=1S/C16H28N4O/c1-5-20(6-2)12-11-18-16(17-3)19-13-14-9-7-8-10-15(14)21-4/h7-10H,5-6,11-13H2,1-4H3,(H2,17,18,19). The van der Waals surface area contributed by atoms with Gasteiger partial charge in [-0.05, 0) is 19.2 Å². The second-order valence-electron chi connectivity index (χ2n) is 4.69. The molecule has 1 aromatic carbocycles. The third-order valence-electron chi connectivity index (χ3n) is 3.48. The van der Waals surface area contributed by atoms with Gasteiger partial charge in [-0.15, -0.1) is 0 Å². The van der Waals surface area contributed by atoms with Gasteiger partial charge in [-0.25, -0.2) is 0 Å². The Hall–Kier alpha value is -1.75. The maximum absolute atomic E-state index is 5.35. The van der Waals surface area contributed by atoms with Crippen LogP contribution in [0.3, 0.4) is 0 Å². The summed E-state index contributed by atoms with van der Waals surface area (Å²) in [5, 5.41) is 6.64. The molecule has 0 bridgehead atoms. The number of nitrogens with zero attached hydrogens (tertiary/aromatic N) is 2. The van der Waals surface area contributed by atoms with Gasteiger partial charge >= 0.3 is 0 Å². The Morgan fingerprint density at radius 1 is 1.19 bits per heavy atom. The third-order valence-corrected chi connectivity index (χ3v) is 3.48. The van der Waals surface area contributed by atoms with E-state index in [1.807, 2.05) is 18.2 Å². The fraction of sp³-hybridized carbons (Fsp3) is 0.562. The van der Waals surface area contributed by atoms with Crippen LogP contribution in [-0.2, 0) is 6.54 Å². The molecule has 0 fully saturated rings. The van der Waals surface area contributed by atoms with E-state index in [0.29, 0.717) is 6.54 Å². The van der Waals surface area contributed by atoms with Gasteiger partial charge in [0.1, 0.15) is 5.75 Å². The highest BCUT2D eigenvalue weighted by molar-refractivity contribution is 5.79. The zero-order valence-corrected chi connectivity index (χ0v) is 13.6. The number of methoxy groups -OCH3 is 1. The van der Waals surface area contributed by atoms with E-state index in [-0.39, 0.29) is 0 Å². The molecular weight excluding hydrogens is 264 g/mol. The molecule has 0 spiro atoms. The average molecular weight is 292 g/mol. The SMILES string of the molecule is CCN(CC)CCNC(=NC)NCc1ccccc1OC. The molecule has 0 radical (unpaired) electrons. The lowest BCUT2D eigenvalue weighted by Crippen LogP contribution is -2.41. The fourth-order valence-corrected chi connectivity index (χ4v) is 2.12. The summed E-state index contributed by atoms with van der Waals surface area (Å²) in [6, 6.07) is 8.00. The van der Waals surface area contributed by atoms with Crippen LogP contribution in [0.1, 0.15) is 19.4 Å². The Labute approximate surface area is 128 Å². The Kier molecular flexibility index (Phi) is 8.28. The van der Waals surface area contributed by atoms with Crippen molar-refractivity contribution in [3.8, 4) is 5.75 Å². The van der Waals surface area contributed by atoms with E-state index in [4.69, 9.17) is 4.74 Å². The van der Waals surface area contributed by atoms with E-state index >= 15 is 0 Å². The van der Waals surface area contributed by atoms with Crippen LogP contribution in [0.2, 0.25) is 0 Å². The first-order valence-electron chi connectivity index (χ1n) is 7.53. The van der Waals surface area contributed by atoms with Crippen molar-refractivity contribution in [2.75, 3.05) is 40.3 Å². The summed E-state index contributed by atoms with van der Waals surface area (Å²) in [6.07, 6.45) is 0. The highest BCUT2D eigenvalue weighted by Gasteiger charge is 2.04. The fourth-order valence-electron chi connectivity index (χ4n) is 2.12. The number of hydrogen-bond donors (Lipinski definition) is 2. The quantitative estimate of drug-likeness (QED) is 0.565. The van der Waals surface area contributed by atoms with Gasteiger partial charge in [0.05, 0.1) is 7.11 Å². The molecule has 0 heterocycles. The first-order chi connectivity index (χ1) is 10.2. The minimum atomic E-state index is 0.689. The number of rotatable bonds is 8. The lowest BCUT2D eigenvalue weighted by atomic mass is 10.2. The molecule has 5 heteroatoms. The number of likely N-dealkylation sites (N-methyl/N-ethyl adjacent to an activating group) is 1. The molecule has 0 aliphatic heterocycles. The predicted octanol–water partition coefficient (Wildman–Crippen LogP) is 1.70. The zero-order valence-electron chi connectivity index (χ0n) is 13.6. The van der Waals surface area contributed by atoms with Crippen LogP contribution in [0.15, 0.2) is 29.3 Å². The van der Waals surface area contributed by atoms with Crippen molar-refractivity contribution in [3.63, 3.8) is 0 Å². The highest BCUT2D eigenvalue weighted by Crippen LogP contribution is 2.16. The molecule has 1 aromatic rings. The van der Waals surface area contributed by atoms with E-state index in [1.54, 1.807) is 14.2 Å². The predicted molar refractivity (Wildman–Crippen MR) is 89.0 cm³/mol. The van der Waals surface area contributed by atoms with Crippen LogP contribution in [0.5, 0.6) is 5.75 Å². The topological polar surface area (TPSA) is 48.9 Å². The number of benzene rings is 1. The van der Waals surface area contributed by atoms with Gasteiger partial charge in [-0.2, -0.15) is 0 Å². The minimum Gasteiger partial charge on any atom is -0.496 e. The number of nitrogens with one attached hydrogen (secondary N) is 2. The summed E-state index contributed by atoms with van der Waals surface area (Å²) in [4.78, 5) is 6.62. The highest BCUT2D eigenvalue weighted by atomic mass is 16.5. The first-order valence-corrected chi connectivity index (χ1v) is 7.53. The van der Waals surface area contributed by atoms with Crippen molar-refractivity contribution in [2.24, 2.45) is 4.99 Å². The van der Waals surface area contributed by atoms with Crippen LogP contribution in [0.4, 0.5) is 0 Å². The summed E-state index contributed by atoms with van der Waals surface area (Å²) in [5.74, 6) is 1.71. The van der Waals surface area contributed by atoms with Crippen molar-refractivity contribution in [3.05, 3.63) is 29.8 Å². The zero-order chi connectivity index (χ0) is 15.5. The van der Waals surface area contributed by atoms with E-state index in [0.717, 1.165) is 43.5 Å². The normalized spacial score (nSPS) is 11.6. The Morgan fingerprint density at radius 3 is 2.52 bits per heavy atom. The van der Waals surface area contributed by atoms with Gasteiger partial charge < -0.3 is 20.3 Å². The van der Waals surface area contributed by atoms with Crippen LogP contribution >= 0.6 is 0 Å². The number of aliphatic imine (C=N–C) groups is 1. The van der Waals surface area contributed by atoms with Gasteiger partial charge in [-0.3, -0.25) is 4.99 Å². The molecule has 1 rings (SSSR count). The van der Waals surface area contributed by atoms with Crippen molar-refractivity contribution in [2.45, 2.75) is 20.4 Å². The van der Waals surface area contributed by atoms with Gasteiger partial charge in [0.2, 0.25) is 0 Å². The molecule has 5 nitrogen and oxygen atoms in total. The molecular formula is C16H28N4O. The smallest absolute Gasteiger partial charge is 0.191 e. The molecule has 0 saturated heterocycles. The second kappa shape index (κ2) is 10.0. The van der Waals surface area contributed by atoms with Crippen LogP contribution < -0.4 is 15.4 Å². The molecule has 2 N–H and O–H groups in total. The van der Waals surface area contributed by atoms with Gasteiger partial charge in [-0.1, -0.05) is 32.0 Å². The minimum absolute atomic E-state index is 0.689.